The van der Waals surface area contributed by atoms with Crippen molar-refractivity contribution < 1.29 is 18.3 Å². The molecule has 0 atom stereocenters. The Morgan fingerprint density at radius 2 is 2.05 bits per heavy atom. The van der Waals surface area contributed by atoms with Crippen LogP contribution in [0.25, 0.3) is 0 Å². The molecule has 1 saturated heterocycles. The second-order valence-electron chi connectivity index (χ2n) is 4.85. The van der Waals surface area contributed by atoms with Gasteiger partial charge in [-0.25, -0.2) is 13.1 Å². The van der Waals surface area contributed by atoms with Crippen LogP contribution in [0.4, 0.5) is 5.69 Å². The fourth-order valence-electron chi connectivity index (χ4n) is 1.96. The van der Waals surface area contributed by atoms with Gasteiger partial charge in [-0.1, -0.05) is 11.6 Å². The molecular weight excluding hydrogens is 304 g/mol. The number of benzene rings is 1. The van der Waals surface area contributed by atoms with E-state index in [-0.39, 0.29) is 16.5 Å². The van der Waals surface area contributed by atoms with Crippen LogP contribution < -0.4 is 10.5 Å². The molecule has 4 N–H and O–H groups in total. The summed E-state index contributed by atoms with van der Waals surface area (Å²) >= 11 is 5.88. The molecule has 2 rings (SSSR count). The first-order valence-electron chi connectivity index (χ1n) is 6.17. The molecule has 112 valence electrons. The SMILES string of the molecule is Nc1ccc(Cl)c(S(=O)(=O)NCC2(O)CCOCC2)c1. The molecule has 8 heteroatoms. The number of rotatable bonds is 4. The van der Waals surface area contributed by atoms with Gasteiger partial charge in [-0.2, -0.15) is 0 Å². The van der Waals surface area contributed by atoms with E-state index in [4.69, 9.17) is 22.1 Å². The zero-order valence-electron chi connectivity index (χ0n) is 10.8. The minimum Gasteiger partial charge on any atom is -0.399 e. The van der Waals surface area contributed by atoms with Crippen molar-refractivity contribution in [3.63, 3.8) is 0 Å². The number of hydrogen-bond donors (Lipinski definition) is 3. The summed E-state index contributed by atoms with van der Waals surface area (Å²) < 4.78 is 31.9. The summed E-state index contributed by atoms with van der Waals surface area (Å²) in [6.45, 7) is 0.748. The van der Waals surface area contributed by atoms with Crippen molar-refractivity contribution in [2.75, 3.05) is 25.5 Å². The first-order chi connectivity index (χ1) is 9.32. The third kappa shape index (κ3) is 3.62. The lowest BCUT2D eigenvalue weighted by molar-refractivity contribution is -0.0588. The molecule has 0 saturated carbocycles. The molecular formula is C12H17ClN2O4S. The maximum absolute atomic E-state index is 12.2. The minimum atomic E-state index is -3.81. The zero-order chi connectivity index (χ0) is 14.8. The highest BCUT2D eigenvalue weighted by Gasteiger charge is 2.32. The third-order valence-electron chi connectivity index (χ3n) is 3.26. The maximum Gasteiger partial charge on any atom is 0.242 e. The molecule has 1 aliphatic heterocycles. The largest absolute Gasteiger partial charge is 0.399 e. The Hall–Kier alpha value is -0.860. The number of hydrogen-bond acceptors (Lipinski definition) is 5. The quantitative estimate of drug-likeness (QED) is 0.710. The van der Waals surface area contributed by atoms with Crippen LogP contribution in [0.2, 0.25) is 5.02 Å². The van der Waals surface area contributed by atoms with Crippen LogP contribution >= 0.6 is 11.6 Å². The average molecular weight is 321 g/mol. The molecule has 0 amide bonds. The first kappa shape index (κ1) is 15.5. The average Bonchev–Trinajstić information content (AvgIpc) is 2.40. The highest BCUT2D eigenvalue weighted by molar-refractivity contribution is 7.89. The van der Waals surface area contributed by atoms with Gasteiger partial charge in [0.2, 0.25) is 10.0 Å². The molecule has 1 heterocycles. The Morgan fingerprint density at radius 3 is 2.70 bits per heavy atom. The standard InChI is InChI=1S/C12H17ClN2O4S/c13-10-2-1-9(14)7-11(10)20(17,18)15-8-12(16)3-5-19-6-4-12/h1-2,7,15-16H,3-6,8,14H2. The van der Waals surface area contributed by atoms with Gasteiger partial charge in [-0.3, -0.25) is 0 Å². The molecule has 0 spiro atoms. The van der Waals surface area contributed by atoms with Crippen LogP contribution in [0.1, 0.15) is 12.8 Å². The predicted molar refractivity (Wildman–Crippen MR) is 76.1 cm³/mol. The van der Waals surface area contributed by atoms with E-state index in [9.17, 15) is 13.5 Å². The molecule has 0 aromatic heterocycles. The Bertz CT molecular complexity index is 585. The fraction of sp³-hybridized carbons (Fsp3) is 0.500. The Balaban J connectivity index is 2.13. The predicted octanol–water partition coefficient (Wildman–Crippen LogP) is 0.742. The maximum atomic E-state index is 12.2. The molecule has 1 fully saturated rings. The van der Waals surface area contributed by atoms with Gasteiger partial charge in [-0.15, -0.1) is 0 Å². The van der Waals surface area contributed by atoms with Crippen LogP contribution in [-0.2, 0) is 14.8 Å². The second kappa shape index (κ2) is 5.87. The monoisotopic (exact) mass is 320 g/mol. The molecule has 0 aliphatic carbocycles. The summed E-state index contributed by atoms with van der Waals surface area (Å²) in [4.78, 5) is -0.0881. The zero-order valence-corrected chi connectivity index (χ0v) is 12.4. The van der Waals surface area contributed by atoms with E-state index >= 15 is 0 Å². The van der Waals surface area contributed by atoms with E-state index in [1.165, 1.54) is 18.2 Å². The summed E-state index contributed by atoms with van der Waals surface area (Å²) in [6, 6.07) is 4.24. The van der Waals surface area contributed by atoms with Crippen molar-refractivity contribution in [2.45, 2.75) is 23.3 Å². The lowest BCUT2D eigenvalue weighted by Gasteiger charge is -2.32. The van der Waals surface area contributed by atoms with Crippen LogP contribution in [0.15, 0.2) is 23.1 Å². The van der Waals surface area contributed by atoms with Crippen molar-refractivity contribution in [3.8, 4) is 0 Å². The summed E-state index contributed by atoms with van der Waals surface area (Å²) in [5.74, 6) is 0. The number of nitrogens with two attached hydrogens (primary N) is 1. The number of nitrogen functional groups attached to an aromatic ring is 1. The van der Waals surface area contributed by atoms with Crippen LogP contribution in [0.3, 0.4) is 0 Å². The molecule has 6 nitrogen and oxygen atoms in total. The van der Waals surface area contributed by atoms with Gasteiger partial charge in [0.15, 0.2) is 0 Å². The molecule has 20 heavy (non-hydrogen) atoms. The Morgan fingerprint density at radius 1 is 1.40 bits per heavy atom. The fourth-order valence-corrected chi connectivity index (χ4v) is 3.61. The topological polar surface area (TPSA) is 102 Å². The van der Waals surface area contributed by atoms with Gasteiger partial charge in [-0.05, 0) is 18.2 Å². The number of ether oxygens (including phenoxy) is 1. The van der Waals surface area contributed by atoms with E-state index in [0.717, 1.165) is 0 Å². The first-order valence-corrected chi connectivity index (χ1v) is 8.03. The van der Waals surface area contributed by atoms with Gasteiger partial charge in [0.05, 0.1) is 10.6 Å². The lowest BCUT2D eigenvalue weighted by atomic mass is 9.95. The van der Waals surface area contributed by atoms with Gasteiger partial charge in [0.1, 0.15) is 4.90 Å². The van der Waals surface area contributed by atoms with Crippen molar-refractivity contribution in [3.05, 3.63) is 23.2 Å². The van der Waals surface area contributed by atoms with Crippen LogP contribution in [-0.4, -0.2) is 38.9 Å². The highest BCUT2D eigenvalue weighted by Crippen LogP contribution is 2.25. The Labute approximate surface area is 122 Å². The molecule has 1 aliphatic rings. The summed E-state index contributed by atoms with van der Waals surface area (Å²) in [5.41, 5.74) is 4.79. The third-order valence-corrected chi connectivity index (χ3v) is 5.14. The number of anilines is 1. The Kier molecular flexibility index (Phi) is 4.55. The molecule has 0 unspecified atom stereocenters. The summed E-state index contributed by atoms with van der Waals surface area (Å²) in [7, 11) is -3.81. The van der Waals surface area contributed by atoms with Crippen molar-refractivity contribution >= 4 is 27.3 Å². The normalized spacial score (nSPS) is 18.9. The number of aliphatic hydroxyl groups is 1. The van der Waals surface area contributed by atoms with Gasteiger partial charge < -0.3 is 15.6 Å². The minimum absolute atomic E-state index is 0.0795. The van der Waals surface area contributed by atoms with E-state index < -0.39 is 15.6 Å². The molecule has 0 bridgehead atoms. The van der Waals surface area contributed by atoms with Crippen molar-refractivity contribution in [1.29, 1.82) is 0 Å². The van der Waals surface area contributed by atoms with Crippen LogP contribution in [0, 0.1) is 0 Å². The van der Waals surface area contributed by atoms with Gasteiger partial charge in [0, 0.05) is 38.3 Å². The second-order valence-corrected chi connectivity index (χ2v) is 6.99. The van der Waals surface area contributed by atoms with Crippen molar-refractivity contribution in [1.82, 2.24) is 4.72 Å². The number of sulfonamides is 1. The lowest BCUT2D eigenvalue weighted by Crippen LogP contribution is -2.46. The highest BCUT2D eigenvalue weighted by atomic mass is 35.5. The number of nitrogens with one attached hydrogen (secondary N) is 1. The van der Waals surface area contributed by atoms with E-state index in [1.54, 1.807) is 0 Å². The van der Waals surface area contributed by atoms with E-state index in [2.05, 4.69) is 4.72 Å². The molecule has 1 aromatic rings. The smallest absolute Gasteiger partial charge is 0.242 e. The van der Waals surface area contributed by atoms with Crippen molar-refractivity contribution in [2.24, 2.45) is 0 Å². The summed E-state index contributed by atoms with van der Waals surface area (Å²) in [5, 5.41) is 10.3. The van der Waals surface area contributed by atoms with Gasteiger partial charge >= 0.3 is 0 Å². The van der Waals surface area contributed by atoms with Crippen LogP contribution in [0.5, 0.6) is 0 Å². The van der Waals surface area contributed by atoms with E-state index in [1.807, 2.05) is 0 Å². The number of halogens is 1. The van der Waals surface area contributed by atoms with Gasteiger partial charge in [0.25, 0.3) is 0 Å². The van der Waals surface area contributed by atoms with E-state index in [0.29, 0.717) is 31.7 Å². The summed E-state index contributed by atoms with van der Waals surface area (Å²) in [6.07, 6.45) is 0.778. The molecule has 1 aromatic carbocycles. The molecule has 0 radical (unpaired) electrons.